The van der Waals surface area contributed by atoms with Crippen LogP contribution in [0.5, 0.6) is 0 Å². The molecule has 19 heavy (non-hydrogen) atoms. The Balaban J connectivity index is 1.84. The molecule has 2 aliphatic rings. The smallest absolute Gasteiger partial charge is 0.329 e. The molecule has 2 saturated heterocycles. The fraction of sp³-hybridized carbons (Fsp3) is 1.00. The normalized spacial score (nSPS) is 26.5. The number of alkyl halides is 3. The minimum atomic E-state index is -4.20. The van der Waals surface area contributed by atoms with Crippen molar-refractivity contribution in [2.45, 2.75) is 50.4 Å². The average Bonchev–Trinajstić information content (AvgIpc) is 2.40. The molecule has 2 fully saturated rings. The van der Waals surface area contributed by atoms with Crippen LogP contribution in [0, 0.1) is 0 Å². The van der Waals surface area contributed by atoms with Crippen LogP contribution in [0.2, 0.25) is 0 Å². The first kappa shape index (κ1) is 15.1. The molecule has 0 radical (unpaired) electrons. The third-order valence-electron chi connectivity index (χ3n) is 4.45. The molecule has 0 saturated carbocycles. The van der Waals surface area contributed by atoms with E-state index in [0.29, 0.717) is 19.1 Å². The molecule has 0 aromatic rings. The number of likely N-dealkylation sites (tertiary alicyclic amines) is 2. The van der Waals surface area contributed by atoms with Crippen molar-refractivity contribution in [2.75, 3.05) is 32.7 Å². The first-order chi connectivity index (χ1) is 9.02. The summed E-state index contributed by atoms with van der Waals surface area (Å²) in [6.45, 7) is 2.93. The zero-order chi connectivity index (χ0) is 13.9. The van der Waals surface area contributed by atoms with Gasteiger partial charge < -0.3 is 10.6 Å². The van der Waals surface area contributed by atoms with Gasteiger partial charge in [-0.05, 0) is 38.8 Å². The first-order valence-corrected chi connectivity index (χ1v) is 7.27. The lowest BCUT2D eigenvalue weighted by Crippen LogP contribution is -2.55. The maximum absolute atomic E-state index is 12.8. The standard InChI is InChI=1S/C13H24F3N3/c14-13(15,16)12(10-17)19-8-4-11(5-9-19)18-6-2-1-3-7-18/h11-12H,1-10,17H2. The molecule has 112 valence electrons. The van der Waals surface area contributed by atoms with Crippen molar-refractivity contribution in [3.8, 4) is 0 Å². The highest BCUT2D eigenvalue weighted by Crippen LogP contribution is 2.28. The van der Waals surface area contributed by atoms with E-state index in [2.05, 4.69) is 4.90 Å². The predicted octanol–water partition coefficient (Wildman–Crippen LogP) is 1.83. The Morgan fingerprint density at radius 2 is 1.58 bits per heavy atom. The topological polar surface area (TPSA) is 32.5 Å². The van der Waals surface area contributed by atoms with Crippen molar-refractivity contribution < 1.29 is 13.2 Å². The van der Waals surface area contributed by atoms with Crippen LogP contribution in [0.3, 0.4) is 0 Å². The number of hydrogen-bond acceptors (Lipinski definition) is 3. The van der Waals surface area contributed by atoms with Gasteiger partial charge in [0.15, 0.2) is 0 Å². The van der Waals surface area contributed by atoms with Gasteiger partial charge in [-0.1, -0.05) is 6.42 Å². The van der Waals surface area contributed by atoms with Gasteiger partial charge >= 0.3 is 6.18 Å². The Morgan fingerprint density at radius 3 is 2.05 bits per heavy atom. The van der Waals surface area contributed by atoms with E-state index in [-0.39, 0.29) is 6.54 Å². The Kier molecular flexibility index (Phi) is 5.09. The van der Waals surface area contributed by atoms with Gasteiger partial charge in [0.25, 0.3) is 0 Å². The van der Waals surface area contributed by atoms with E-state index in [1.165, 1.54) is 24.2 Å². The van der Waals surface area contributed by atoms with Gasteiger partial charge in [-0.3, -0.25) is 4.90 Å². The fourth-order valence-electron chi connectivity index (χ4n) is 3.34. The molecule has 6 heteroatoms. The van der Waals surface area contributed by atoms with Crippen LogP contribution < -0.4 is 5.73 Å². The van der Waals surface area contributed by atoms with Crippen molar-refractivity contribution in [3.05, 3.63) is 0 Å². The number of halogens is 3. The van der Waals surface area contributed by atoms with Crippen LogP contribution in [0.4, 0.5) is 13.2 Å². The Morgan fingerprint density at radius 1 is 1.00 bits per heavy atom. The maximum Gasteiger partial charge on any atom is 0.405 e. The van der Waals surface area contributed by atoms with Crippen molar-refractivity contribution in [1.82, 2.24) is 9.80 Å². The summed E-state index contributed by atoms with van der Waals surface area (Å²) in [5.74, 6) is 0. The second-order valence-corrected chi connectivity index (χ2v) is 5.66. The van der Waals surface area contributed by atoms with E-state index in [4.69, 9.17) is 5.73 Å². The van der Waals surface area contributed by atoms with Gasteiger partial charge in [-0.15, -0.1) is 0 Å². The summed E-state index contributed by atoms with van der Waals surface area (Å²) in [5, 5.41) is 0. The number of hydrogen-bond donors (Lipinski definition) is 1. The number of nitrogens with two attached hydrogens (primary N) is 1. The highest BCUT2D eigenvalue weighted by molar-refractivity contribution is 4.87. The third-order valence-corrected chi connectivity index (χ3v) is 4.45. The van der Waals surface area contributed by atoms with Gasteiger partial charge in [0, 0.05) is 25.7 Å². The van der Waals surface area contributed by atoms with Gasteiger partial charge in [-0.2, -0.15) is 13.2 Å². The van der Waals surface area contributed by atoms with Crippen LogP contribution in [0.1, 0.15) is 32.1 Å². The molecule has 1 unspecified atom stereocenters. The molecular formula is C13H24F3N3. The minimum absolute atomic E-state index is 0.335. The molecule has 3 nitrogen and oxygen atoms in total. The Labute approximate surface area is 112 Å². The highest BCUT2D eigenvalue weighted by atomic mass is 19.4. The SMILES string of the molecule is NCC(N1CCC(N2CCCCC2)CC1)C(F)(F)F. The minimum Gasteiger partial charge on any atom is -0.329 e. The summed E-state index contributed by atoms with van der Waals surface area (Å²) in [4.78, 5) is 3.98. The molecule has 2 rings (SSSR count). The van der Waals surface area contributed by atoms with Crippen molar-refractivity contribution in [1.29, 1.82) is 0 Å². The second kappa shape index (κ2) is 6.41. The van der Waals surface area contributed by atoms with Crippen LogP contribution in [0.15, 0.2) is 0 Å². The summed E-state index contributed by atoms with van der Waals surface area (Å²) in [5.41, 5.74) is 5.30. The zero-order valence-corrected chi connectivity index (χ0v) is 11.3. The number of piperidine rings is 2. The summed E-state index contributed by atoms with van der Waals surface area (Å²) in [6, 6.07) is -0.988. The van der Waals surface area contributed by atoms with Crippen molar-refractivity contribution in [2.24, 2.45) is 5.73 Å². The lowest BCUT2D eigenvalue weighted by molar-refractivity contribution is -0.184. The Bertz CT molecular complexity index is 269. The Hall–Kier alpha value is -0.330. The molecule has 0 bridgehead atoms. The van der Waals surface area contributed by atoms with E-state index in [1.807, 2.05) is 0 Å². The third kappa shape index (κ3) is 3.83. The van der Waals surface area contributed by atoms with Gasteiger partial charge in [0.05, 0.1) is 0 Å². The lowest BCUT2D eigenvalue weighted by atomic mass is 9.98. The lowest BCUT2D eigenvalue weighted by Gasteiger charge is -2.42. The molecule has 2 aliphatic heterocycles. The summed E-state index contributed by atoms with van der Waals surface area (Å²) in [6.07, 6.45) is 1.23. The molecule has 0 amide bonds. The maximum atomic E-state index is 12.8. The fourth-order valence-corrected chi connectivity index (χ4v) is 3.34. The first-order valence-electron chi connectivity index (χ1n) is 7.27. The molecule has 2 heterocycles. The van der Waals surface area contributed by atoms with E-state index in [0.717, 1.165) is 25.9 Å². The van der Waals surface area contributed by atoms with Crippen LogP contribution in [-0.2, 0) is 0 Å². The molecule has 0 aliphatic carbocycles. The average molecular weight is 279 g/mol. The monoisotopic (exact) mass is 279 g/mol. The number of rotatable bonds is 3. The molecular weight excluding hydrogens is 255 g/mol. The molecule has 0 aromatic heterocycles. The largest absolute Gasteiger partial charge is 0.405 e. The molecule has 0 spiro atoms. The van der Waals surface area contributed by atoms with Crippen LogP contribution in [0.25, 0.3) is 0 Å². The molecule has 1 atom stereocenters. The quantitative estimate of drug-likeness (QED) is 0.855. The van der Waals surface area contributed by atoms with E-state index in [1.54, 1.807) is 0 Å². The number of nitrogens with zero attached hydrogens (tertiary/aromatic N) is 2. The van der Waals surface area contributed by atoms with E-state index in [9.17, 15) is 13.2 Å². The summed E-state index contributed by atoms with van der Waals surface area (Å²) in [7, 11) is 0. The molecule has 2 N–H and O–H groups in total. The predicted molar refractivity (Wildman–Crippen MR) is 68.9 cm³/mol. The van der Waals surface area contributed by atoms with Crippen LogP contribution >= 0.6 is 0 Å². The molecule has 0 aromatic carbocycles. The van der Waals surface area contributed by atoms with Crippen molar-refractivity contribution in [3.63, 3.8) is 0 Å². The van der Waals surface area contributed by atoms with Crippen LogP contribution in [-0.4, -0.2) is 60.8 Å². The van der Waals surface area contributed by atoms with Gasteiger partial charge in [0.1, 0.15) is 6.04 Å². The van der Waals surface area contributed by atoms with Gasteiger partial charge in [0.2, 0.25) is 0 Å². The second-order valence-electron chi connectivity index (χ2n) is 5.66. The van der Waals surface area contributed by atoms with Crippen molar-refractivity contribution >= 4 is 0 Å². The summed E-state index contributed by atoms with van der Waals surface area (Å²) >= 11 is 0. The van der Waals surface area contributed by atoms with E-state index < -0.39 is 12.2 Å². The van der Waals surface area contributed by atoms with Gasteiger partial charge in [-0.25, -0.2) is 0 Å². The zero-order valence-electron chi connectivity index (χ0n) is 11.3. The summed E-state index contributed by atoms with van der Waals surface area (Å²) < 4.78 is 38.5. The van der Waals surface area contributed by atoms with E-state index >= 15 is 0 Å². The highest BCUT2D eigenvalue weighted by Gasteiger charge is 2.43.